The van der Waals surface area contributed by atoms with E-state index in [1.54, 1.807) is 6.07 Å². The Morgan fingerprint density at radius 3 is 2.35 bits per heavy atom. The number of aryl methyl sites for hydroxylation is 2. The Balaban J connectivity index is 1.36. The van der Waals surface area contributed by atoms with Crippen LogP contribution >= 0.6 is 0 Å². The van der Waals surface area contributed by atoms with E-state index in [-0.39, 0.29) is 17.0 Å². The first-order valence-corrected chi connectivity index (χ1v) is 20.8. The Labute approximate surface area is 288 Å². The van der Waals surface area contributed by atoms with Crippen LogP contribution in [0.25, 0.3) is 5.57 Å². The lowest BCUT2D eigenvalue weighted by atomic mass is 9.82. The zero-order valence-electron chi connectivity index (χ0n) is 27.9. The van der Waals surface area contributed by atoms with Gasteiger partial charge in [0.1, 0.15) is 29.5 Å². The lowest BCUT2D eigenvalue weighted by Gasteiger charge is -2.39. The normalized spacial score (nSPS) is 18.0. The van der Waals surface area contributed by atoms with Gasteiger partial charge in [0.15, 0.2) is 0 Å². The van der Waals surface area contributed by atoms with Crippen LogP contribution in [0.3, 0.4) is 0 Å². The summed E-state index contributed by atoms with van der Waals surface area (Å²) in [6, 6.07) is 8.44. The highest BCUT2D eigenvalue weighted by Gasteiger charge is 2.37. The van der Waals surface area contributed by atoms with Crippen LogP contribution in [0.5, 0.6) is 11.5 Å². The summed E-state index contributed by atoms with van der Waals surface area (Å²) in [5, 5.41) is 2.05. The molecule has 0 unspecified atom stereocenters. The lowest BCUT2D eigenvalue weighted by molar-refractivity contribution is 0.431. The number of nitrogens with one attached hydrogen (secondary N) is 1. The quantitative estimate of drug-likeness (QED) is 0.130. The highest BCUT2D eigenvalue weighted by atomic mass is 32.2. The molecule has 0 saturated heterocycles. The summed E-state index contributed by atoms with van der Waals surface area (Å²) >= 11 is 0. The molecular weight excluding hydrogens is 661 g/mol. The maximum atomic E-state index is 13.4. The molecule has 4 N–H and O–H groups in total. The van der Waals surface area contributed by atoms with Crippen molar-refractivity contribution in [2.45, 2.75) is 86.8 Å². The monoisotopic (exact) mass is 705 g/mol. The molecular formula is C37H45N4O6S2+. The summed E-state index contributed by atoms with van der Waals surface area (Å²) in [7, 11) is -8.89. The number of anilines is 1. The molecule has 5 heterocycles. The third-order valence-corrected chi connectivity index (χ3v) is 13.3. The zero-order chi connectivity index (χ0) is 33.9. The van der Waals surface area contributed by atoms with Gasteiger partial charge in [-0.2, -0.15) is 8.42 Å². The molecule has 0 saturated carbocycles. The molecule has 0 radical (unpaired) electrons. The van der Waals surface area contributed by atoms with Gasteiger partial charge in [-0.05, 0) is 87.7 Å². The standard InChI is InChI=1S/C37H44N4O6S2/c38-15-3-1-2-4-16-39-48(42,43)26-13-14-27(32(23-26)49(44,45)46)33-30-21-24-9-5-17-40-19-7-11-28(34(24)40)36(30)47-37-29-12-8-20-41-18-6-10-25(35(29)41)22-31(33)37/h13-14,21-23,39H,1-12,15-20,38H2/p+1. The number of benzene rings is 3. The molecule has 0 fully saturated rings. The van der Waals surface area contributed by atoms with E-state index in [9.17, 15) is 21.4 Å². The van der Waals surface area contributed by atoms with Gasteiger partial charge >= 0.3 is 0 Å². The molecule has 0 aromatic heterocycles. The van der Waals surface area contributed by atoms with Crippen LogP contribution in [0.15, 0.2) is 40.1 Å². The fourth-order valence-corrected chi connectivity index (χ4v) is 10.7. The minimum atomic E-state index is -4.85. The van der Waals surface area contributed by atoms with Gasteiger partial charge in [0.05, 0.1) is 10.5 Å². The average Bonchev–Trinajstić information content (AvgIpc) is 3.09. The third-order valence-electron chi connectivity index (χ3n) is 10.9. The molecule has 0 atom stereocenters. The van der Waals surface area contributed by atoms with Crippen LogP contribution in [0.1, 0.15) is 84.7 Å². The Kier molecular flexibility index (Phi) is 8.59. The molecule has 0 aliphatic carbocycles. The Morgan fingerprint density at radius 1 is 0.816 bits per heavy atom. The number of sulfonamides is 1. The number of hydrogen-bond acceptors (Lipinski definition) is 7. The third kappa shape index (κ3) is 5.79. The summed E-state index contributed by atoms with van der Waals surface area (Å²) in [6.07, 6.45) is 10.9. The van der Waals surface area contributed by atoms with E-state index in [0.717, 1.165) is 136 Å². The molecule has 12 heteroatoms. The molecule has 49 heavy (non-hydrogen) atoms. The van der Waals surface area contributed by atoms with Crippen LogP contribution in [0.2, 0.25) is 0 Å². The lowest BCUT2D eigenvalue weighted by Crippen LogP contribution is -2.45. The van der Waals surface area contributed by atoms with E-state index in [0.29, 0.717) is 18.5 Å². The van der Waals surface area contributed by atoms with E-state index < -0.39 is 25.0 Å². The summed E-state index contributed by atoms with van der Waals surface area (Å²) in [5.74, 6) is 1.51. The molecule has 5 aliphatic heterocycles. The fourth-order valence-electron chi connectivity index (χ4n) is 8.81. The van der Waals surface area contributed by atoms with Crippen LogP contribution in [0.4, 0.5) is 5.69 Å². The zero-order valence-corrected chi connectivity index (χ0v) is 29.5. The molecule has 10 nitrogen and oxygen atoms in total. The summed E-state index contributed by atoms with van der Waals surface area (Å²) in [4.78, 5) is 1.84. The van der Waals surface area contributed by atoms with Crippen molar-refractivity contribution in [3.05, 3.63) is 74.3 Å². The van der Waals surface area contributed by atoms with E-state index in [2.05, 4.69) is 26.3 Å². The van der Waals surface area contributed by atoms with Gasteiger partial charge in [0.25, 0.3) is 10.1 Å². The predicted octanol–water partition coefficient (Wildman–Crippen LogP) is 3.17. The van der Waals surface area contributed by atoms with E-state index >= 15 is 0 Å². The van der Waals surface area contributed by atoms with Gasteiger partial charge in [0.2, 0.25) is 15.4 Å². The molecule has 3 aromatic rings. The fraction of sp³-hybridized carbons (Fsp3) is 0.486. The number of nitrogens with zero attached hydrogens (tertiary/aromatic N) is 2. The Bertz CT molecular complexity index is 2210. The first kappa shape index (κ1) is 32.9. The van der Waals surface area contributed by atoms with Gasteiger partial charge in [0, 0.05) is 71.2 Å². The number of ether oxygens (including phenoxy) is 1. The van der Waals surface area contributed by atoms with E-state index in [1.807, 2.05) is 0 Å². The summed E-state index contributed by atoms with van der Waals surface area (Å²) < 4.78 is 76.2. The maximum absolute atomic E-state index is 13.4. The van der Waals surface area contributed by atoms with Gasteiger partial charge in [-0.25, -0.2) is 17.7 Å². The number of rotatable bonds is 10. The summed E-state index contributed by atoms with van der Waals surface area (Å²) in [5.41, 5.74) is 13.3. The maximum Gasteiger partial charge on any atom is 0.295 e. The first-order valence-electron chi connectivity index (χ1n) is 17.9. The minimum absolute atomic E-state index is 0.203. The van der Waals surface area contributed by atoms with Crippen LogP contribution in [0, 0.1) is 0 Å². The Hall–Kier alpha value is -3.29. The van der Waals surface area contributed by atoms with Crippen LogP contribution < -0.4 is 35.2 Å². The van der Waals surface area contributed by atoms with Crippen molar-refractivity contribution in [3.63, 3.8) is 0 Å². The molecule has 0 amide bonds. The average molecular weight is 706 g/mol. The van der Waals surface area contributed by atoms with Crippen molar-refractivity contribution >= 4 is 31.4 Å². The van der Waals surface area contributed by atoms with Gasteiger partial charge < -0.3 is 15.4 Å². The molecule has 8 rings (SSSR count). The van der Waals surface area contributed by atoms with Crippen molar-refractivity contribution in [2.75, 3.05) is 44.2 Å². The molecule has 5 aliphatic rings. The van der Waals surface area contributed by atoms with Crippen molar-refractivity contribution in [2.24, 2.45) is 5.73 Å². The molecule has 260 valence electrons. The minimum Gasteiger partial charge on any atom is -0.455 e. The second-order valence-electron chi connectivity index (χ2n) is 14.1. The molecule has 0 bridgehead atoms. The number of hydrogen-bond donors (Lipinski definition) is 3. The van der Waals surface area contributed by atoms with Gasteiger partial charge in [-0.1, -0.05) is 18.9 Å². The SMILES string of the molecule is NCCCCCCNS(=O)(=O)c1ccc(C2=c3cc4c5c(c3Oc3c2cc2c6c3CCCN6CCC2)CCC[N+]=5CCC4)c(S(=O)(=O)O)c1. The number of fused-ring (bicyclic) bond motifs is 4. The van der Waals surface area contributed by atoms with Crippen molar-refractivity contribution in [1.82, 2.24) is 9.30 Å². The molecule has 0 spiro atoms. The second kappa shape index (κ2) is 12.8. The largest absolute Gasteiger partial charge is 0.455 e. The summed E-state index contributed by atoms with van der Waals surface area (Å²) in [6.45, 7) is 4.84. The smallest absolute Gasteiger partial charge is 0.295 e. The van der Waals surface area contributed by atoms with E-state index in [4.69, 9.17) is 10.5 Å². The van der Waals surface area contributed by atoms with Crippen LogP contribution in [-0.2, 0) is 45.8 Å². The topological polar surface area (TPSA) is 142 Å². The highest BCUT2D eigenvalue weighted by molar-refractivity contribution is 7.89. The van der Waals surface area contributed by atoms with Crippen molar-refractivity contribution in [1.29, 1.82) is 0 Å². The Morgan fingerprint density at radius 2 is 1.55 bits per heavy atom. The van der Waals surface area contributed by atoms with Crippen molar-refractivity contribution < 1.29 is 26.1 Å². The van der Waals surface area contributed by atoms with Gasteiger partial charge in [-0.15, -0.1) is 0 Å². The van der Waals surface area contributed by atoms with Crippen molar-refractivity contribution in [3.8, 4) is 11.5 Å². The highest BCUT2D eigenvalue weighted by Crippen LogP contribution is 2.49. The van der Waals surface area contributed by atoms with Gasteiger partial charge in [-0.3, -0.25) is 4.55 Å². The number of unbranched alkanes of at least 4 members (excludes halogenated alkanes) is 3. The second-order valence-corrected chi connectivity index (χ2v) is 17.2. The van der Waals surface area contributed by atoms with Crippen LogP contribution in [-0.4, -0.2) is 60.7 Å². The first-order chi connectivity index (χ1) is 23.7. The van der Waals surface area contributed by atoms with E-state index in [1.165, 1.54) is 28.2 Å². The molecule has 3 aromatic carbocycles. The number of nitrogens with two attached hydrogens (primary N) is 1. The predicted molar refractivity (Wildman–Crippen MR) is 189 cm³/mol.